The van der Waals surface area contributed by atoms with E-state index in [1.54, 1.807) is 23.1 Å². The van der Waals surface area contributed by atoms with Gasteiger partial charge in [0.05, 0.1) is 19.1 Å². The molecule has 36 heavy (non-hydrogen) atoms. The number of imide groups is 1. The highest BCUT2D eigenvalue weighted by Gasteiger charge is 2.37. The highest BCUT2D eigenvalue weighted by Crippen LogP contribution is 2.38. The Balaban J connectivity index is 1.47. The van der Waals surface area contributed by atoms with E-state index in [2.05, 4.69) is 20.7 Å². The van der Waals surface area contributed by atoms with Crippen LogP contribution in [0.1, 0.15) is 16.7 Å². The highest BCUT2D eigenvalue weighted by molar-refractivity contribution is 9.10. The van der Waals surface area contributed by atoms with E-state index < -0.39 is 17.1 Å². The number of ether oxygens (including phenoxy) is 3. The topological polar surface area (TPSA) is 102 Å². The SMILES string of the molecule is COC(=O)COc1cc(Br)c(/C=C2/SC(=O)N(CC(=O)N3CCc4ccccc4C3)C2=O)cc1OC. The van der Waals surface area contributed by atoms with Crippen LogP contribution in [-0.2, 0) is 32.1 Å². The van der Waals surface area contributed by atoms with Gasteiger partial charge in [-0.25, -0.2) is 4.79 Å². The standard InChI is InChI=1S/C25H23BrN2O7S/c1-33-19-9-17(18(26)11-20(19)35-14-23(30)34-2)10-21-24(31)28(25(32)36-21)13-22(29)27-8-7-15-5-3-4-6-16(15)12-27/h3-6,9-11H,7-8,12-14H2,1-2H3/b21-10+. The maximum absolute atomic E-state index is 13.0. The summed E-state index contributed by atoms with van der Waals surface area (Å²) >= 11 is 4.19. The number of methoxy groups -OCH3 is 2. The first-order chi connectivity index (χ1) is 17.3. The Morgan fingerprint density at radius 1 is 1.11 bits per heavy atom. The van der Waals surface area contributed by atoms with E-state index in [-0.39, 0.29) is 24.0 Å². The second-order valence-corrected chi connectivity index (χ2v) is 9.84. The zero-order valence-corrected chi connectivity index (χ0v) is 22.0. The number of nitrogens with zero attached hydrogens (tertiary/aromatic N) is 2. The average Bonchev–Trinajstić information content (AvgIpc) is 3.15. The molecule has 0 saturated carbocycles. The summed E-state index contributed by atoms with van der Waals surface area (Å²) in [7, 11) is 2.70. The molecule has 11 heteroatoms. The molecule has 0 bridgehead atoms. The van der Waals surface area contributed by atoms with Crippen LogP contribution in [0.3, 0.4) is 0 Å². The normalized spacial score (nSPS) is 16.2. The Kier molecular flexibility index (Phi) is 8.00. The van der Waals surface area contributed by atoms with Gasteiger partial charge in [0.25, 0.3) is 11.1 Å². The fourth-order valence-corrected chi connectivity index (χ4v) is 5.12. The third-order valence-corrected chi connectivity index (χ3v) is 7.39. The number of benzene rings is 2. The first-order valence-corrected chi connectivity index (χ1v) is 12.6. The van der Waals surface area contributed by atoms with E-state index in [0.717, 1.165) is 28.6 Å². The summed E-state index contributed by atoms with van der Waals surface area (Å²) in [5.41, 5.74) is 2.84. The summed E-state index contributed by atoms with van der Waals surface area (Å²) < 4.78 is 15.9. The van der Waals surface area contributed by atoms with E-state index in [1.807, 2.05) is 24.3 Å². The minimum Gasteiger partial charge on any atom is -0.493 e. The first kappa shape index (κ1) is 25.8. The van der Waals surface area contributed by atoms with Gasteiger partial charge in [-0.15, -0.1) is 0 Å². The molecule has 0 radical (unpaired) electrons. The number of thioether (sulfide) groups is 1. The molecule has 2 aromatic carbocycles. The minimum atomic E-state index is -0.547. The lowest BCUT2D eigenvalue weighted by Gasteiger charge is -2.29. The third kappa shape index (κ3) is 5.57. The molecule has 2 aliphatic rings. The van der Waals surface area contributed by atoms with Crippen LogP contribution in [0.4, 0.5) is 4.79 Å². The van der Waals surface area contributed by atoms with Gasteiger partial charge in [0, 0.05) is 17.6 Å². The van der Waals surface area contributed by atoms with Gasteiger partial charge in [-0.05, 0) is 53.1 Å². The molecule has 1 fully saturated rings. The summed E-state index contributed by atoms with van der Waals surface area (Å²) in [6.45, 7) is 0.389. The number of fused-ring (bicyclic) bond motifs is 1. The molecule has 1 saturated heterocycles. The molecule has 0 aromatic heterocycles. The van der Waals surface area contributed by atoms with Crippen molar-refractivity contribution in [1.29, 1.82) is 0 Å². The van der Waals surface area contributed by atoms with Crippen molar-refractivity contribution in [2.75, 3.05) is 33.9 Å². The van der Waals surface area contributed by atoms with Crippen molar-refractivity contribution in [2.45, 2.75) is 13.0 Å². The molecule has 2 heterocycles. The quantitative estimate of drug-likeness (QED) is 0.365. The Labute approximate surface area is 220 Å². The summed E-state index contributed by atoms with van der Waals surface area (Å²) in [6.07, 6.45) is 2.28. The Bertz CT molecular complexity index is 1260. The van der Waals surface area contributed by atoms with Crippen LogP contribution < -0.4 is 9.47 Å². The maximum atomic E-state index is 13.0. The van der Waals surface area contributed by atoms with Crippen LogP contribution in [0.2, 0.25) is 0 Å². The number of carbonyl (C=O) groups excluding carboxylic acids is 4. The summed E-state index contributed by atoms with van der Waals surface area (Å²) in [4.78, 5) is 52.7. The van der Waals surface area contributed by atoms with E-state index >= 15 is 0 Å². The van der Waals surface area contributed by atoms with Crippen LogP contribution >= 0.6 is 27.7 Å². The highest BCUT2D eigenvalue weighted by atomic mass is 79.9. The predicted octanol–water partition coefficient (Wildman–Crippen LogP) is 3.63. The van der Waals surface area contributed by atoms with Crippen molar-refractivity contribution in [3.8, 4) is 11.5 Å². The Morgan fingerprint density at radius 2 is 1.86 bits per heavy atom. The van der Waals surface area contributed by atoms with Crippen molar-refractivity contribution in [2.24, 2.45) is 0 Å². The van der Waals surface area contributed by atoms with Crippen LogP contribution in [0.25, 0.3) is 6.08 Å². The van der Waals surface area contributed by atoms with E-state index in [1.165, 1.54) is 19.8 Å². The predicted molar refractivity (Wildman–Crippen MR) is 136 cm³/mol. The van der Waals surface area contributed by atoms with E-state index in [4.69, 9.17) is 9.47 Å². The number of amides is 3. The molecular weight excluding hydrogens is 552 g/mol. The molecule has 2 aromatic rings. The summed E-state index contributed by atoms with van der Waals surface area (Å²) in [5.74, 6) is -0.730. The molecule has 0 spiro atoms. The second kappa shape index (κ2) is 11.2. The lowest BCUT2D eigenvalue weighted by atomic mass is 10.00. The maximum Gasteiger partial charge on any atom is 0.343 e. The molecule has 0 aliphatic carbocycles. The molecule has 0 N–H and O–H groups in total. The number of carbonyl (C=O) groups is 4. The van der Waals surface area contributed by atoms with Gasteiger partial charge >= 0.3 is 5.97 Å². The largest absolute Gasteiger partial charge is 0.493 e. The number of hydrogen-bond donors (Lipinski definition) is 0. The van der Waals surface area contributed by atoms with Crippen LogP contribution in [0.5, 0.6) is 11.5 Å². The van der Waals surface area contributed by atoms with Crippen LogP contribution in [0.15, 0.2) is 45.8 Å². The molecule has 0 atom stereocenters. The zero-order valence-electron chi connectivity index (χ0n) is 19.6. The summed E-state index contributed by atoms with van der Waals surface area (Å²) in [6, 6.07) is 11.1. The molecule has 2 aliphatic heterocycles. The van der Waals surface area contributed by atoms with Crippen LogP contribution in [-0.4, -0.2) is 66.7 Å². The monoisotopic (exact) mass is 574 g/mol. The van der Waals surface area contributed by atoms with Crippen molar-refractivity contribution in [3.05, 3.63) is 62.5 Å². The molecular formula is C25H23BrN2O7S. The van der Waals surface area contributed by atoms with Gasteiger partial charge in [-0.1, -0.05) is 40.2 Å². The molecule has 0 unspecified atom stereocenters. The third-order valence-electron chi connectivity index (χ3n) is 5.79. The second-order valence-electron chi connectivity index (χ2n) is 7.99. The van der Waals surface area contributed by atoms with Gasteiger partial charge in [-0.2, -0.15) is 0 Å². The lowest BCUT2D eigenvalue weighted by Crippen LogP contribution is -2.44. The van der Waals surface area contributed by atoms with Crippen molar-refractivity contribution >= 4 is 56.8 Å². The van der Waals surface area contributed by atoms with Crippen LogP contribution in [0, 0.1) is 0 Å². The van der Waals surface area contributed by atoms with E-state index in [9.17, 15) is 19.2 Å². The molecule has 4 rings (SSSR count). The van der Waals surface area contributed by atoms with Gasteiger partial charge in [0.15, 0.2) is 18.1 Å². The van der Waals surface area contributed by atoms with Gasteiger partial charge < -0.3 is 19.1 Å². The van der Waals surface area contributed by atoms with Crippen molar-refractivity contribution < 1.29 is 33.4 Å². The number of esters is 1. The van der Waals surface area contributed by atoms with Gasteiger partial charge in [0.2, 0.25) is 5.91 Å². The molecule has 3 amide bonds. The number of rotatable bonds is 7. The van der Waals surface area contributed by atoms with Crippen molar-refractivity contribution in [1.82, 2.24) is 9.80 Å². The summed E-state index contributed by atoms with van der Waals surface area (Å²) in [5, 5.41) is -0.502. The number of halogens is 1. The molecule has 9 nitrogen and oxygen atoms in total. The van der Waals surface area contributed by atoms with E-state index in [0.29, 0.717) is 34.6 Å². The lowest BCUT2D eigenvalue weighted by molar-refractivity contribution is -0.143. The fraction of sp³-hybridized carbons (Fsp3) is 0.280. The Hall–Kier alpha value is -3.31. The van der Waals surface area contributed by atoms with Gasteiger partial charge in [-0.3, -0.25) is 19.3 Å². The van der Waals surface area contributed by atoms with Crippen molar-refractivity contribution in [3.63, 3.8) is 0 Å². The fourth-order valence-electron chi connectivity index (χ4n) is 3.85. The molecule has 188 valence electrons. The smallest absolute Gasteiger partial charge is 0.343 e. The first-order valence-electron chi connectivity index (χ1n) is 11.0. The number of hydrogen-bond acceptors (Lipinski definition) is 8. The van der Waals surface area contributed by atoms with Gasteiger partial charge in [0.1, 0.15) is 6.54 Å². The minimum absolute atomic E-state index is 0.183. The average molecular weight is 575 g/mol. The zero-order chi connectivity index (χ0) is 25.8. The Morgan fingerprint density at radius 3 is 2.58 bits per heavy atom.